The Kier molecular flexibility index (Phi) is 33.1. The average Bonchev–Trinajstić information content (AvgIpc) is 1.58. The first-order chi connectivity index (χ1) is 50.5. The number of hydrogen-bond donors (Lipinski definition) is 0. The van der Waals surface area contributed by atoms with E-state index < -0.39 is 0 Å². The number of aryl methyl sites for hydroxylation is 4. The maximum Gasteiger partial charge on any atom is -1.00 e. The summed E-state index contributed by atoms with van der Waals surface area (Å²) >= 11 is 2.93. The predicted octanol–water partition coefficient (Wildman–Crippen LogP) is 23.6. The number of fused-ring (bicyclic) bond motifs is 6. The summed E-state index contributed by atoms with van der Waals surface area (Å²) in [6.45, 7) is 78.0. The van der Waals surface area contributed by atoms with Crippen molar-refractivity contribution in [3.05, 3.63) is 304 Å². The van der Waals surface area contributed by atoms with Crippen molar-refractivity contribution in [1.82, 2.24) is 0 Å². The molecule has 0 unspecified atom stereocenters. The molecule has 0 bridgehead atoms. The molecule has 0 radical (unpaired) electrons. The van der Waals surface area contributed by atoms with Gasteiger partial charge in [0.2, 0.25) is 0 Å². The molecule has 0 fully saturated rings. The Morgan fingerprint density at radius 3 is 0.723 bits per heavy atom. The summed E-state index contributed by atoms with van der Waals surface area (Å²) in [5, 5.41) is 0. The van der Waals surface area contributed by atoms with E-state index in [0.29, 0.717) is 10.8 Å². The molecule has 0 atom stereocenters. The van der Waals surface area contributed by atoms with Crippen LogP contribution in [0.5, 0.6) is 0 Å². The Morgan fingerprint density at radius 2 is 0.527 bits per heavy atom. The second-order valence-electron chi connectivity index (χ2n) is 41.4. The van der Waals surface area contributed by atoms with Crippen LogP contribution in [0.3, 0.4) is 0 Å². The van der Waals surface area contributed by atoms with Gasteiger partial charge in [-0.2, -0.15) is 47.5 Å². The number of halogens is 2. The number of benzene rings is 8. The normalized spacial score (nSPS) is 13.7. The molecule has 0 heterocycles. The zero-order valence-corrected chi connectivity index (χ0v) is 82.4. The van der Waals surface area contributed by atoms with E-state index in [2.05, 4.69) is 417 Å². The predicted molar refractivity (Wildman–Crippen MR) is 477 cm³/mol. The second kappa shape index (κ2) is 38.0. The Bertz CT molecular complexity index is 4120. The number of allylic oxidation sites excluding steroid dienone is 8. The van der Waals surface area contributed by atoms with Gasteiger partial charge in [0.15, 0.2) is 0 Å². The molecule has 0 N–H and O–H groups in total. The van der Waals surface area contributed by atoms with Gasteiger partial charge in [-0.05, 0) is 102 Å². The van der Waals surface area contributed by atoms with Crippen LogP contribution in [0.1, 0.15) is 345 Å². The summed E-state index contributed by atoms with van der Waals surface area (Å²) < 4.78 is 2.85. The molecule has 0 spiro atoms. The maximum absolute atomic E-state index is 3.90. The molecule has 0 aromatic heterocycles. The minimum absolute atomic E-state index is 0. The van der Waals surface area contributed by atoms with E-state index in [4.69, 9.17) is 0 Å². The minimum atomic E-state index is 0. The molecular weight excluding hydrogens is 1550 g/mol. The van der Waals surface area contributed by atoms with Crippen LogP contribution < -0.4 is 24.8 Å². The van der Waals surface area contributed by atoms with Crippen molar-refractivity contribution >= 4 is 6.41 Å². The van der Waals surface area contributed by atoms with Gasteiger partial charge in [-0.25, -0.2) is 23.3 Å². The minimum Gasteiger partial charge on any atom is -1.00 e. The van der Waals surface area contributed by atoms with Gasteiger partial charge in [-0.15, -0.1) is 46.2 Å². The number of rotatable bonds is 8. The number of hydrogen-bond acceptors (Lipinski definition) is 0. The molecule has 12 rings (SSSR count). The molecule has 0 nitrogen and oxygen atoms in total. The molecule has 112 heavy (non-hydrogen) atoms. The van der Waals surface area contributed by atoms with E-state index in [-0.39, 0.29) is 68.1 Å². The third-order valence-corrected chi connectivity index (χ3v) is 25.3. The van der Waals surface area contributed by atoms with Crippen molar-refractivity contribution in [2.75, 3.05) is 0 Å². The molecule has 0 saturated heterocycles. The van der Waals surface area contributed by atoms with Gasteiger partial charge in [0, 0.05) is 0 Å². The smallest absolute Gasteiger partial charge is 1.00 e. The quantitative estimate of drug-likeness (QED) is 0.133. The third-order valence-electron chi connectivity index (χ3n) is 22.4. The summed E-state index contributed by atoms with van der Waals surface area (Å²) in [5.41, 5.74) is 38.0. The summed E-state index contributed by atoms with van der Waals surface area (Å²) in [5.74, 6) is 0. The van der Waals surface area contributed by atoms with Gasteiger partial charge in [0.25, 0.3) is 0 Å². The third kappa shape index (κ3) is 25.4. The van der Waals surface area contributed by atoms with E-state index in [1.54, 1.807) is 0 Å². The van der Waals surface area contributed by atoms with E-state index in [1.807, 2.05) is 0 Å². The first-order valence-electron chi connectivity index (χ1n) is 41.1. The van der Waals surface area contributed by atoms with E-state index >= 15 is 0 Å². The summed E-state index contributed by atoms with van der Waals surface area (Å²) in [6.07, 6.45) is 21.9. The standard InChI is InChI=1S/2C29H41.2C15H14.2C10H15.2ClH.2Zr/c2*1-26(2,3)22-14-18-13-19-15-23(27(4,5)6)25(29(10,11)12)17-21(19)20(18)16-24(22)28(7,8)9;2*1-12-3-7-14(8-4-12)11-15-9-5-13(2)6-10-15;2*1-4-10(2,3)9-7-5-6-8-9;;;;/h2*14,16-17H,13H2,1-12H3;2*3-10H,1-2H3;2*5,7H,4,6H2,1-3H3;2*1H;;/q2*-1;;;2*-1;;;2*+2/p-2. The Morgan fingerprint density at radius 1 is 0.304 bits per heavy atom. The second-order valence-corrected chi connectivity index (χ2v) is 43.9. The van der Waals surface area contributed by atoms with Gasteiger partial charge < -0.3 is 24.8 Å². The van der Waals surface area contributed by atoms with Gasteiger partial charge in [0.05, 0.1) is 0 Å². The van der Waals surface area contributed by atoms with Gasteiger partial charge in [-0.3, -0.25) is 12.2 Å². The Balaban J connectivity index is 0.000000251. The Hall–Kier alpha value is -5.19. The van der Waals surface area contributed by atoms with Crippen LogP contribution >= 0.6 is 0 Å². The van der Waals surface area contributed by atoms with Crippen LogP contribution in [0.4, 0.5) is 0 Å². The van der Waals surface area contributed by atoms with Crippen LogP contribution in [-0.2, 0) is 105 Å². The first-order valence-corrected chi connectivity index (χ1v) is 43.5. The molecule has 596 valence electrons. The Labute approximate surface area is 727 Å². The summed E-state index contributed by atoms with van der Waals surface area (Å²) in [6, 6.07) is 57.8. The van der Waals surface area contributed by atoms with Crippen molar-refractivity contribution in [2.24, 2.45) is 10.8 Å². The molecule has 4 aliphatic rings. The fraction of sp³-hybridized carbons (Fsp3) is 0.463. The average molecular weight is 1690 g/mol. The SMILES string of the molecule is CC(C)(C)c1[c-]c2c(cc1C(C)(C)C)-c1cc(C(C)(C)C)c(C(C)(C)C)cc1C2.CC(C)(C)c1[c-]c2c(cc1C(C)(C)C)-c1cc(C(C)(C)C)c(C(C)(C)C)cc1C2.CCC(C)(C)C1=[C-]CC=C1.CCC(C)(C)C1=[C-]CC=C1.Cc1ccc([C](=[Zr+2])c2ccc(C)cc2)cc1.Cc1ccc([C](=[Zr+2])c2ccc(C)cc2)cc1.[Cl-].[Cl-]. The molecule has 4 heteroatoms. The fourth-order valence-electron chi connectivity index (χ4n) is 14.6. The summed E-state index contributed by atoms with van der Waals surface area (Å²) in [7, 11) is 0. The molecular formula is C108H140Cl2Zr2-2. The monoisotopic (exact) mass is 1690 g/mol. The first kappa shape index (κ1) is 97.4. The maximum atomic E-state index is 3.90. The summed E-state index contributed by atoms with van der Waals surface area (Å²) in [4.78, 5) is 0. The zero-order valence-electron chi connectivity index (χ0n) is 76.0. The van der Waals surface area contributed by atoms with Crippen LogP contribution in [-0.4, -0.2) is 6.41 Å². The van der Waals surface area contributed by atoms with Crippen molar-refractivity contribution in [3.63, 3.8) is 0 Å². The van der Waals surface area contributed by atoms with Crippen molar-refractivity contribution in [2.45, 2.75) is 317 Å². The van der Waals surface area contributed by atoms with Crippen LogP contribution in [0.25, 0.3) is 22.3 Å². The van der Waals surface area contributed by atoms with Gasteiger partial charge in [0.1, 0.15) is 0 Å². The molecule has 0 amide bonds. The molecule has 4 aliphatic carbocycles. The van der Waals surface area contributed by atoms with E-state index in [0.717, 1.165) is 25.7 Å². The fourth-order valence-corrected chi connectivity index (χ4v) is 16.2. The zero-order chi connectivity index (χ0) is 82.6. The van der Waals surface area contributed by atoms with Crippen molar-refractivity contribution < 1.29 is 73.3 Å². The van der Waals surface area contributed by atoms with Gasteiger partial charge in [-0.1, -0.05) is 254 Å². The molecule has 0 saturated carbocycles. The van der Waals surface area contributed by atoms with Crippen LogP contribution in [0.15, 0.2) is 169 Å². The molecule has 8 aromatic carbocycles. The van der Waals surface area contributed by atoms with Crippen LogP contribution in [0.2, 0.25) is 0 Å². The van der Waals surface area contributed by atoms with Crippen molar-refractivity contribution in [1.29, 1.82) is 0 Å². The topological polar surface area (TPSA) is 0 Å². The van der Waals surface area contributed by atoms with Crippen molar-refractivity contribution in [3.8, 4) is 22.3 Å². The molecule has 8 aromatic rings. The van der Waals surface area contributed by atoms with E-state index in [9.17, 15) is 0 Å². The largest absolute Gasteiger partial charge is 1.00 e. The van der Waals surface area contributed by atoms with Gasteiger partial charge >= 0.3 is 224 Å². The van der Waals surface area contributed by atoms with Crippen LogP contribution in [0, 0.1) is 62.8 Å². The molecule has 0 aliphatic heterocycles. The van der Waals surface area contributed by atoms with E-state index in [1.165, 1.54) is 212 Å².